The van der Waals surface area contributed by atoms with Gasteiger partial charge in [-0.05, 0) is 42.7 Å². The van der Waals surface area contributed by atoms with Crippen molar-refractivity contribution in [1.82, 2.24) is 9.78 Å². The third kappa shape index (κ3) is 5.31. The Kier molecular flexibility index (Phi) is 6.79. The third-order valence-electron chi connectivity index (χ3n) is 4.68. The zero-order chi connectivity index (χ0) is 20.6. The molecule has 0 unspecified atom stereocenters. The number of anilines is 1. The Balaban J connectivity index is 1.63. The highest BCUT2D eigenvalue weighted by Crippen LogP contribution is 2.21. The molecule has 0 fully saturated rings. The van der Waals surface area contributed by atoms with Gasteiger partial charge in [0.15, 0.2) is 0 Å². The molecule has 1 heterocycles. The van der Waals surface area contributed by atoms with E-state index in [0.717, 1.165) is 29.0 Å². The molecule has 0 spiro atoms. The molecular formula is C23H25N3O3. The number of carbonyl (C=O) groups excluding carboxylic acids is 1. The second-order valence-electron chi connectivity index (χ2n) is 6.67. The summed E-state index contributed by atoms with van der Waals surface area (Å²) < 4.78 is 6.65. The molecule has 0 bridgehead atoms. The van der Waals surface area contributed by atoms with Gasteiger partial charge in [-0.15, -0.1) is 0 Å². The number of amides is 1. The number of aromatic nitrogens is 2. The number of benzene rings is 2. The van der Waals surface area contributed by atoms with E-state index in [1.54, 1.807) is 13.2 Å². The van der Waals surface area contributed by atoms with E-state index in [4.69, 9.17) is 4.74 Å². The van der Waals surface area contributed by atoms with Crippen LogP contribution < -0.4 is 15.6 Å². The van der Waals surface area contributed by atoms with Crippen LogP contribution in [0.4, 0.5) is 5.69 Å². The highest BCUT2D eigenvalue weighted by molar-refractivity contribution is 5.91. The summed E-state index contributed by atoms with van der Waals surface area (Å²) in [5.41, 5.74) is 3.31. The van der Waals surface area contributed by atoms with Crippen molar-refractivity contribution in [2.24, 2.45) is 0 Å². The van der Waals surface area contributed by atoms with Gasteiger partial charge in [0.2, 0.25) is 5.91 Å². The van der Waals surface area contributed by atoms with Crippen LogP contribution in [0.2, 0.25) is 0 Å². The maximum Gasteiger partial charge on any atom is 0.266 e. The van der Waals surface area contributed by atoms with Gasteiger partial charge in [-0.25, -0.2) is 4.68 Å². The Morgan fingerprint density at radius 1 is 1.10 bits per heavy atom. The number of para-hydroxylation sites is 1. The minimum Gasteiger partial charge on any atom is -0.497 e. The number of rotatable bonds is 8. The van der Waals surface area contributed by atoms with E-state index in [-0.39, 0.29) is 11.5 Å². The highest BCUT2D eigenvalue weighted by Gasteiger charge is 2.08. The zero-order valence-electron chi connectivity index (χ0n) is 16.7. The fourth-order valence-corrected chi connectivity index (χ4v) is 3.10. The number of hydrogen-bond acceptors (Lipinski definition) is 4. The molecule has 1 aromatic heterocycles. The smallest absolute Gasteiger partial charge is 0.266 e. The predicted molar refractivity (Wildman–Crippen MR) is 114 cm³/mol. The largest absolute Gasteiger partial charge is 0.497 e. The molecule has 3 aromatic rings. The summed E-state index contributed by atoms with van der Waals surface area (Å²) in [5, 5.41) is 7.39. The van der Waals surface area contributed by atoms with Crippen molar-refractivity contribution in [2.75, 3.05) is 12.4 Å². The van der Waals surface area contributed by atoms with E-state index in [1.165, 1.54) is 10.7 Å². The molecule has 2 aromatic carbocycles. The molecule has 1 N–H and O–H groups in total. The number of ether oxygens (including phenoxy) is 1. The number of carbonyl (C=O) groups is 1. The molecule has 3 rings (SSSR count). The summed E-state index contributed by atoms with van der Waals surface area (Å²) in [6.45, 7) is 2.43. The van der Waals surface area contributed by atoms with Crippen LogP contribution in [0.1, 0.15) is 25.3 Å². The maximum atomic E-state index is 12.3. The van der Waals surface area contributed by atoms with Crippen LogP contribution >= 0.6 is 0 Å². The fourth-order valence-electron chi connectivity index (χ4n) is 3.10. The van der Waals surface area contributed by atoms with Gasteiger partial charge in [-0.1, -0.05) is 37.3 Å². The minimum atomic E-state index is -0.187. The van der Waals surface area contributed by atoms with Crippen LogP contribution in [-0.4, -0.2) is 22.8 Å². The number of nitrogens with zero attached hydrogens (tertiary/aromatic N) is 2. The van der Waals surface area contributed by atoms with Gasteiger partial charge < -0.3 is 10.1 Å². The molecule has 0 radical (unpaired) electrons. The van der Waals surface area contributed by atoms with Crippen LogP contribution in [0, 0.1) is 0 Å². The van der Waals surface area contributed by atoms with Crippen LogP contribution in [0.15, 0.2) is 65.5 Å². The first-order valence-corrected chi connectivity index (χ1v) is 9.71. The van der Waals surface area contributed by atoms with E-state index in [0.29, 0.717) is 25.1 Å². The molecular weight excluding hydrogens is 366 g/mol. The lowest BCUT2D eigenvalue weighted by Crippen LogP contribution is -2.23. The van der Waals surface area contributed by atoms with Crippen LogP contribution in [0.5, 0.6) is 5.75 Å². The fraction of sp³-hybridized carbons (Fsp3) is 0.261. The summed E-state index contributed by atoms with van der Waals surface area (Å²) >= 11 is 0. The molecule has 0 saturated heterocycles. The first-order valence-electron chi connectivity index (χ1n) is 9.71. The Morgan fingerprint density at radius 3 is 2.72 bits per heavy atom. The Morgan fingerprint density at radius 2 is 1.93 bits per heavy atom. The average Bonchev–Trinajstić information content (AvgIpc) is 2.75. The summed E-state index contributed by atoms with van der Waals surface area (Å²) in [5.74, 6) is 0.661. The van der Waals surface area contributed by atoms with E-state index < -0.39 is 0 Å². The quantitative estimate of drug-likeness (QED) is 0.632. The molecule has 0 atom stereocenters. The lowest BCUT2D eigenvalue weighted by Gasteiger charge is -2.10. The standard InChI is InChI=1S/C23H25N3O3/c1-3-17-8-4-5-11-20(17)24-22(27)12-7-15-26-23(28)14-13-21(25-26)18-9-6-10-19(16-18)29-2/h4-6,8-11,13-14,16H,3,7,12,15H2,1-2H3,(H,24,27). The SMILES string of the molecule is CCc1ccccc1NC(=O)CCCn1nc(-c2cccc(OC)c2)ccc1=O. The summed E-state index contributed by atoms with van der Waals surface area (Å²) in [4.78, 5) is 24.4. The van der Waals surface area contributed by atoms with Gasteiger partial charge in [0.25, 0.3) is 5.56 Å². The highest BCUT2D eigenvalue weighted by atomic mass is 16.5. The van der Waals surface area contributed by atoms with Crippen molar-refractivity contribution in [3.63, 3.8) is 0 Å². The van der Waals surface area contributed by atoms with Crippen LogP contribution in [0.25, 0.3) is 11.3 Å². The molecule has 1 amide bonds. The predicted octanol–water partition coefficient (Wildman–Crippen LogP) is 3.90. The van der Waals surface area contributed by atoms with Crippen LogP contribution in [0.3, 0.4) is 0 Å². The van der Waals surface area contributed by atoms with Crippen LogP contribution in [-0.2, 0) is 17.8 Å². The average molecular weight is 391 g/mol. The van der Waals surface area contributed by atoms with Gasteiger partial charge >= 0.3 is 0 Å². The van der Waals surface area contributed by atoms with Crippen molar-refractivity contribution < 1.29 is 9.53 Å². The van der Waals surface area contributed by atoms with E-state index in [9.17, 15) is 9.59 Å². The van der Waals surface area contributed by atoms with Crippen molar-refractivity contribution in [3.8, 4) is 17.0 Å². The lowest BCUT2D eigenvalue weighted by atomic mass is 10.1. The molecule has 0 saturated carbocycles. The van der Waals surface area contributed by atoms with E-state index in [1.807, 2.05) is 48.5 Å². The third-order valence-corrected chi connectivity index (χ3v) is 4.68. The van der Waals surface area contributed by atoms with E-state index >= 15 is 0 Å². The van der Waals surface area contributed by atoms with Gasteiger partial charge in [0.05, 0.1) is 12.8 Å². The van der Waals surface area contributed by atoms with Gasteiger partial charge in [-0.2, -0.15) is 5.10 Å². The molecule has 29 heavy (non-hydrogen) atoms. The Hall–Kier alpha value is -3.41. The molecule has 0 aliphatic heterocycles. The number of aryl methyl sites for hydroxylation is 2. The van der Waals surface area contributed by atoms with Gasteiger partial charge in [-0.3, -0.25) is 9.59 Å². The van der Waals surface area contributed by atoms with Gasteiger partial charge in [0.1, 0.15) is 5.75 Å². The summed E-state index contributed by atoms with van der Waals surface area (Å²) in [6, 6.07) is 18.5. The monoisotopic (exact) mass is 391 g/mol. The maximum absolute atomic E-state index is 12.3. The molecule has 150 valence electrons. The number of methoxy groups -OCH3 is 1. The number of nitrogens with one attached hydrogen (secondary N) is 1. The second-order valence-corrected chi connectivity index (χ2v) is 6.67. The summed E-state index contributed by atoms with van der Waals surface area (Å²) in [7, 11) is 1.61. The van der Waals surface area contributed by atoms with Crippen molar-refractivity contribution in [2.45, 2.75) is 32.7 Å². The molecule has 6 nitrogen and oxygen atoms in total. The topological polar surface area (TPSA) is 73.2 Å². The zero-order valence-corrected chi connectivity index (χ0v) is 16.7. The Bertz CT molecular complexity index is 1040. The summed E-state index contributed by atoms with van der Waals surface area (Å²) in [6.07, 6.45) is 1.69. The minimum absolute atomic E-state index is 0.0668. The lowest BCUT2D eigenvalue weighted by molar-refractivity contribution is -0.116. The first-order chi connectivity index (χ1) is 14.1. The molecule has 0 aliphatic rings. The Labute approximate surface area is 170 Å². The van der Waals surface area contributed by atoms with Crippen molar-refractivity contribution in [3.05, 3.63) is 76.6 Å². The molecule has 0 aliphatic carbocycles. The van der Waals surface area contributed by atoms with Crippen molar-refractivity contribution >= 4 is 11.6 Å². The van der Waals surface area contributed by atoms with Crippen molar-refractivity contribution in [1.29, 1.82) is 0 Å². The van der Waals surface area contributed by atoms with Gasteiger partial charge in [0, 0.05) is 30.3 Å². The van der Waals surface area contributed by atoms with E-state index in [2.05, 4.69) is 17.3 Å². The number of hydrogen-bond donors (Lipinski definition) is 1. The normalized spacial score (nSPS) is 10.6. The molecule has 6 heteroatoms. The second kappa shape index (κ2) is 9.68. The first kappa shape index (κ1) is 20.3.